The predicted octanol–water partition coefficient (Wildman–Crippen LogP) is 2.93. The Balaban J connectivity index is 2.84. The number of ether oxygens (including phenoxy) is 1. The van der Waals surface area contributed by atoms with E-state index < -0.39 is 10.9 Å². The van der Waals surface area contributed by atoms with Gasteiger partial charge >= 0.3 is 5.97 Å². The number of carbonyl (C=O) groups excluding carboxylic acids is 1. The van der Waals surface area contributed by atoms with Gasteiger partial charge in [0.05, 0.1) is 16.0 Å². The van der Waals surface area contributed by atoms with Crippen molar-refractivity contribution in [3.8, 4) is 0 Å². The van der Waals surface area contributed by atoms with Gasteiger partial charge < -0.3 is 4.74 Å². The number of rotatable bonds is 4. The maximum Gasteiger partial charge on any atom is 0.330 e. The number of carbonyl (C=O) groups is 1. The summed E-state index contributed by atoms with van der Waals surface area (Å²) in [5.41, 5.74) is 0.661. The summed E-state index contributed by atoms with van der Waals surface area (Å²) in [5.74, 6) is -0.443. The molecule has 0 unspecified atom stereocenters. The number of halogens is 1. The van der Waals surface area contributed by atoms with Crippen LogP contribution in [0.25, 0.3) is 6.08 Å². The van der Waals surface area contributed by atoms with Crippen LogP contribution in [0.3, 0.4) is 0 Å². The molecule has 1 rings (SSSR count). The minimum Gasteiger partial charge on any atom is -0.463 e. The minimum absolute atomic E-state index is 0.0155. The summed E-state index contributed by atoms with van der Waals surface area (Å²) >= 11 is 3.09. The first-order valence-electron chi connectivity index (χ1n) is 4.83. The van der Waals surface area contributed by atoms with Crippen LogP contribution in [0.4, 0.5) is 5.69 Å². The van der Waals surface area contributed by atoms with E-state index in [2.05, 4.69) is 15.9 Å². The Hall–Kier alpha value is -1.69. The van der Waals surface area contributed by atoms with Gasteiger partial charge in [-0.25, -0.2) is 4.79 Å². The lowest BCUT2D eigenvalue weighted by atomic mass is 10.2. The second-order valence-electron chi connectivity index (χ2n) is 3.05. The Kier molecular flexibility index (Phi) is 4.84. The van der Waals surface area contributed by atoms with E-state index in [0.717, 1.165) is 0 Å². The Morgan fingerprint density at radius 3 is 2.82 bits per heavy atom. The fraction of sp³-hybridized carbons (Fsp3) is 0.182. The lowest BCUT2D eigenvalue weighted by Crippen LogP contribution is -1.98. The average Bonchev–Trinajstić information content (AvgIpc) is 2.26. The summed E-state index contributed by atoms with van der Waals surface area (Å²) in [4.78, 5) is 21.1. The highest BCUT2D eigenvalue weighted by atomic mass is 79.9. The van der Waals surface area contributed by atoms with Crippen LogP contribution in [0.15, 0.2) is 28.7 Å². The first kappa shape index (κ1) is 13.4. The molecule has 0 aliphatic rings. The second-order valence-corrected chi connectivity index (χ2v) is 3.91. The largest absolute Gasteiger partial charge is 0.463 e. The van der Waals surface area contributed by atoms with Crippen molar-refractivity contribution in [2.45, 2.75) is 6.92 Å². The lowest BCUT2D eigenvalue weighted by molar-refractivity contribution is -0.385. The topological polar surface area (TPSA) is 69.4 Å². The van der Waals surface area contributed by atoms with Crippen LogP contribution in [-0.4, -0.2) is 17.5 Å². The molecular formula is C11H10BrNO4. The van der Waals surface area contributed by atoms with E-state index in [1.54, 1.807) is 19.1 Å². The van der Waals surface area contributed by atoms with Crippen molar-refractivity contribution in [2.75, 3.05) is 6.61 Å². The second kappa shape index (κ2) is 6.15. The molecule has 0 atom stereocenters. The molecule has 0 aliphatic heterocycles. The number of nitrogens with zero attached hydrogens (tertiary/aromatic N) is 1. The van der Waals surface area contributed by atoms with E-state index in [-0.39, 0.29) is 5.69 Å². The first-order chi connectivity index (χ1) is 8.04. The number of esters is 1. The molecule has 90 valence electrons. The number of hydrogen-bond donors (Lipinski definition) is 0. The molecule has 0 aliphatic carbocycles. The molecular weight excluding hydrogens is 290 g/mol. The summed E-state index contributed by atoms with van der Waals surface area (Å²) in [6.45, 7) is 2.03. The summed E-state index contributed by atoms with van der Waals surface area (Å²) in [5, 5.41) is 10.6. The van der Waals surface area contributed by atoms with Gasteiger partial charge in [-0.3, -0.25) is 10.1 Å². The Morgan fingerprint density at radius 1 is 1.59 bits per heavy atom. The van der Waals surface area contributed by atoms with Crippen LogP contribution in [0.5, 0.6) is 0 Å². The third-order valence-corrected chi connectivity index (χ3v) is 2.50. The third-order valence-electron chi connectivity index (χ3n) is 1.87. The molecule has 17 heavy (non-hydrogen) atoms. The van der Waals surface area contributed by atoms with Crippen molar-refractivity contribution in [1.29, 1.82) is 0 Å². The van der Waals surface area contributed by atoms with Gasteiger partial charge in [0.2, 0.25) is 0 Å². The number of nitro groups is 1. The van der Waals surface area contributed by atoms with Gasteiger partial charge in [0.1, 0.15) is 0 Å². The monoisotopic (exact) mass is 299 g/mol. The molecule has 0 aromatic heterocycles. The van der Waals surface area contributed by atoms with E-state index in [1.165, 1.54) is 18.2 Å². The van der Waals surface area contributed by atoms with E-state index in [0.29, 0.717) is 16.6 Å². The smallest absolute Gasteiger partial charge is 0.330 e. The van der Waals surface area contributed by atoms with E-state index in [1.807, 2.05) is 0 Å². The summed E-state index contributed by atoms with van der Waals surface area (Å²) in [6, 6.07) is 4.49. The molecule has 1 aromatic rings. The maximum atomic E-state index is 11.0. The van der Waals surface area contributed by atoms with Crippen LogP contribution in [0, 0.1) is 10.1 Å². The zero-order valence-electron chi connectivity index (χ0n) is 9.05. The predicted molar refractivity (Wildman–Crippen MR) is 66.5 cm³/mol. The van der Waals surface area contributed by atoms with Crippen molar-refractivity contribution >= 4 is 33.7 Å². The molecule has 0 saturated heterocycles. The number of hydrogen-bond acceptors (Lipinski definition) is 4. The Bertz CT molecular complexity index is 471. The fourth-order valence-corrected chi connectivity index (χ4v) is 1.67. The van der Waals surface area contributed by atoms with Gasteiger partial charge in [0.15, 0.2) is 0 Å². The molecule has 0 fully saturated rings. The van der Waals surface area contributed by atoms with Gasteiger partial charge in [0, 0.05) is 12.1 Å². The molecule has 0 heterocycles. The molecule has 1 aromatic carbocycles. The molecule has 0 amide bonds. The quantitative estimate of drug-likeness (QED) is 0.371. The van der Waals surface area contributed by atoms with Crippen LogP contribution in [-0.2, 0) is 9.53 Å². The SMILES string of the molecule is CCOC(=O)C=Cc1ccc([N+](=O)[O-])c(Br)c1. The highest BCUT2D eigenvalue weighted by molar-refractivity contribution is 9.10. The molecule has 5 nitrogen and oxygen atoms in total. The standard InChI is InChI=1S/C11H10BrNO4/c1-2-17-11(14)6-4-8-3-5-10(13(15)16)9(12)7-8/h3-7H,2H2,1H3. The van der Waals surface area contributed by atoms with E-state index >= 15 is 0 Å². The molecule has 0 radical (unpaired) electrons. The van der Waals surface area contributed by atoms with Crippen molar-refractivity contribution in [3.05, 3.63) is 44.4 Å². The van der Waals surface area contributed by atoms with Gasteiger partial charge in [-0.15, -0.1) is 0 Å². The fourth-order valence-electron chi connectivity index (χ4n) is 1.13. The highest BCUT2D eigenvalue weighted by Crippen LogP contribution is 2.25. The maximum absolute atomic E-state index is 11.0. The summed E-state index contributed by atoms with van der Waals surface area (Å²) in [7, 11) is 0. The summed E-state index contributed by atoms with van der Waals surface area (Å²) < 4.78 is 5.08. The molecule has 0 N–H and O–H groups in total. The normalized spacial score (nSPS) is 10.5. The van der Waals surface area contributed by atoms with Crippen LogP contribution in [0.1, 0.15) is 12.5 Å². The van der Waals surface area contributed by atoms with Gasteiger partial charge in [-0.1, -0.05) is 0 Å². The summed E-state index contributed by atoms with van der Waals surface area (Å²) in [6.07, 6.45) is 2.81. The van der Waals surface area contributed by atoms with Crippen molar-refractivity contribution in [2.24, 2.45) is 0 Å². The molecule has 6 heteroatoms. The van der Waals surface area contributed by atoms with Crippen LogP contribution < -0.4 is 0 Å². The molecule has 0 saturated carbocycles. The first-order valence-corrected chi connectivity index (χ1v) is 5.62. The van der Waals surface area contributed by atoms with Gasteiger partial charge in [-0.2, -0.15) is 0 Å². The van der Waals surface area contributed by atoms with Crippen molar-refractivity contribution in [3.63, 3.8) is 0 Å². The Labute approximate surface area is 106 Å². The molecule has 0 bridgehead atoms. The Morgan fingerprint density at radius 2 is 2.29 bits per heavy atom. The van der Waals surface area contributed by atoms with Crippen LogP contribution >= 0.6 is 15.9 Å². The number of nitro benzene ring substituents is 1. The van der Waals surface area contributed by atoms with Crippen molar-refractivity contribution < 1.29 is 14.5 Å². The lowest BCUT2D eigenvalue weighted by Gasteiger charge is -1.98. The number of benzene rings is 1. The molecule has 0 spiro atoms. The van der Waals surface area contributed by atoms with E-state index in [4.69, 9.17) is 4.74 Å². The zero-order chi connectivity index (χ0) is 12.8. The zero-order valence-corrected chi connectivity index (χ0v) is 10.6. The highest BCUT2D eigenvalue weighted by Gasteiger charge is 2.10. The van der Waals surface area contributed by atoms with E-state index in [9.17, 15) is 14.9 Å². The van der Waals surface area contributed by atoms with Crippen LogP contribution in [0.2, 0.25) is 0 Å². The van der Waals surface area contributed by atoms with Gasteiger partial charge in [-0.05, 0) is 46.6 Å². The van der Waals surface area contributed by atoms with Gasteiger partial charge in [0.25, 0.3) is 5.69 Å². The third kappa shape index (κ3) is 3.99. The average molecular weight is 300 g/mol. The minimum atomic E-state index is -0.483. The van der Waals surface area contributed by atoms with Crippen molar-refractivity contribution in [1.82, 2.24) is 0 Å².